The number of hydrogen-bond acceptors (Lipinski definition) is 5. The number of carbonyl (C=O) groups is 1. The van der Waals surface area contributed by atoms with Crippen LogP contribution in [0.25, 0.3) is 6.08 Å². The van der Waals surface area contributed by atoms with E-state index >= 15 is 0 Å². The largest absolute Gasteiger partial charge is 0.486 e. The Morgan fingerprint density at radius 3 is 2.61 bits per heavy atom. The third-order valence-electron chi connectivity index (χ3n) is 3.64. The van der Waals surface area contributed by atoms with Gasteiger partial charge in [-0.15, -0.1) is 0 Å². The van der Waals surface area contributed by atoms with Crippen LogP contribution in [0.15, 0.2) is 17.0 Å². The van der Waals surface area contributed by atoms with Gasteiger partial charge in [-0.3, -0.25) is 9.69 Å². The van der Waals surface area contributed by atoms with Crippen LogP contribution in [0.2, 0.25) is 0 Å². The first-order chi connectivity index (χ1) is 11.0. The van der Waals surface area contributed by atoms with Crippen molar-refractivity contribution in [2.45, 2.75) is 20.8 Å². The van der Waals surface area contributed by atoms with Gasteiger partial charge in [0, 0.05) is 6.54 Å². The van der Waals surface area contributed by atoms with Crippen LogP contribution in [0.3, 0.4) is 0 Å². The molecule has 0 unspecified atom stereocenters. The van der Waals surface area contributed by atoms with E-state index in [4.69, 9.17) is 21.7 Å². The Morgan fingerprint density at radius 1 is 1.30 bits per heavy atom. The maximum atomic E-state index is 12.5. The summed E-state index contributed by atoms with van der Waals surface area (Å²) in [4.78, 5) is 14.9. The quantitative estimate of drug-likeness (QED) is 0.615. The number of benzene rings is 1. The van der Waals surface area contributed by atoms with Gasteiger partial charge in [-0.2, -0.15) is 0 Å². The lowest BCUT2D eigenvalue weighted by atomic mass is 10.1. The van der Waals surface area contributed by atoms with E-state index in [9.17, 15) is 4.79 Å². The highest BCUT2D eigenvalue weighted by molar-refractivity contribution is 8.26. The molecule has 1 fully saturated rings. The van der Waals surface area contributed by atoms with Crippen molar-refractivity contribution >= 4 is 40.3 Å². The van der Waals surface area contributed by atoms with Gasteiger partial charge in [-0.05, 0) is 42.2 Å². The Bertz CT molecular complexity index is 697. The van der Waals surface area contributed by atoms with Gasteiger partial charge >= 0.3 is 0 Å². The fourth-order valence-electron chi connectivity index (χ4n) is 2.53. The highest BCUT2D eigenvalue weighted by Gasteiger charge is 2.32. The van der Waals surface area contributed by atoms with Crippen molar-refractivity contribution in [2.24, 2.45) is 5.92 Å². The molecule has 1 aromatic carbocycles. The van der Waals surface area contributed by atoms with Crippen LogP contribution in [0, 0.1) is 12.8 Å². The minimum Gasteiger partial charge on any atom is -0.486 e. The van der Waals surface area contributed by atoms with E-state index in [1.807, 2.05) is 25.1 Å². The third kappa shape index (κ3) is 3.38. The number of thioether (sulfide) groups is 1. The molecule has 6 heteroatoms. The van der Waals surface area contributed by atoms with Crippen molar-refractivity contribution in [3.05, 3.63) is 28.2 Å². The Labute approximate surface area is 145 Å². The lowest BCUT2D eigenvalue weighted by Gasteiger charge is -2.19. The molecule has 0 radical (unpaired) electrons. The van der Waals surface area contributed by atoms with Gasteiger partial charge in [0.1, 0.15) is 17.5 Å². The summed E-state index contributed by atoms with van der Waals surface area (Å²) < 4.78 is 11.8. The minimum atomic E-state index is -0.0111. The summed E-state index contributed by atoms with van der Waals surface area (Å²) >= 11 is 6.70. The lowest BCUT2D eigenvalue weighted by molar-refractivity contribution is -0.122. The fraction of sp³-hybridized carbons (Fsp3) is 0.412. The number of hydrogen-bond donors (Lipinski definition) is 0. The van der Waals surface area contributed by atoms with Crippen LogP contribution in [-0.2, 0) is 4.79 Å². The van der Waals surface area contributed by atoms with Crippen molar-refractivity contribution in [1.82, 2.24) is 4.90 Å². The van der Waals surface area contributed by atoms with E-state index < -0.39 is 0 Å². The predicted octanol–water partition coefficient (Wildman–Crippen LogP) is 3.62. The molecule has 0 spiro atoms. The SMILES string of the molecule is Cc1cc2c(cc1/C=C1\SC(=S)N(CC(C)C)C1=O)OCCO2. The molecule has 2 aliphatic rings. The van der Waals surface area contributed by atoms with Crippen LogP contribution in [0.4, 0.5) is 0 Å². The fourth-order valence-corrected chi connectivity index (χ4v) is 3.79. The van der Waals surface area contributed by atoms with Gasteiger partial charge in [0.15, 0.2) is 11.5 Å². The Balaban J connectivity index is 1.90. The van der Waals surface area contributed by atoms with E-state index in [0.29, 0.717) is 34.9 Å². The number of aryl methyl sites for hydroxylation is 1. The van der Waals surface area contributed by atoms with Crippen molar-refractivity contribution in [1.29, 1.82) is 0 Å². The van der Waals surface area contributed by atoms with E-state index in [0.717, 1.165) is 22.6 Å². The van der Waals surface area contributed by atoms with E-state index in [-0.39, 0.29) is 5.91 Å². The number of amides is 1. The normalized spacial score (nSPS) is 19.1. The Kier molecular flexibility index (Phi) is 4.64. The highest BCUT2D eigenvalue weighted by atomic mass is 32.2. The second-order valence-electron chi connectivity index (χ2n) is 6.04. The molecule has 1 saturated heterocycles. The van der Waals surface area contributed by atoms with Gasteiger partial charge in [-0.25, -0.2) is 0 Å². The summed E-state index contributed by atoms with van der Waals surface area (Å²) in [6, 6.07) is 3.88. The van der Waals surface area contributed by atoms with Crippen LogP contribution < -0.4 is 9.47 Å². The molecule has 1 aromatic rings. The van der Waals surface area contributed by atoms with Crippen LogP contribution >= 0.6 is 24.0 Å². The monoisotopic (exact) mass is 349 g/mol. The van der Waals surface area contributed by atoms with Crippen molar-refractivity contribution in [2.75, 3.05) is 19.8 Å². The standard InChI is InChI=1S/C17H19NO3S2/c1-10(2)9-18-16(19)15(23-17(18)22)8-12-7-14-13(6-11(12)3)20-4-5-21-14/h6-8,10H,4-5,9H2,1-3H3/b15-8-. The summed E-state index contributed by atoms with van der Waals surface area (Å²) in [6.07, 6.45) is 1.90. The summed E-state index contributed by atoms with van der Waals surface area (Å²) in [5, 5.41) is 0. The number of nitrogens with zero attached hydrogens (tertiary/aromatic N) is 1. The van der Waals surface area contributed by atoms with Crippen molar-refractivity contribution < 1.29 is 14.3 Å². The van der Waals surface area contributed by atoms with Gasteiger partial charge < -0.3 is 9.47 Å². The molecule has 0 N–H and O–H groups in total. The number of carbonyl (C=O) groups excluding carboxylic acids is 1. The second kappa shape index (κ2) is 6.53. The highest BCUT2D eigenvalue weighted by Crippen LogP contribution is 2.37. The first kappa shape index (κ1) is 16.3. The average molecular weight is 349 g/mol. The zero-order valence-electron chi connectivity index (χ0n) is 13.4. The van der Waals surface area contributed by atoms with Crippen LogP contribution in [-0.4, -0.2) is 34.9 Å². The molecule has 0 aromatic heterocycles. The van der Waals surface area contributed by atoms with E-state index in [1.54, 1.807) is 4.90 Å². The van der Waals surface area contributed by atoms with E-state index in [2.05, 4.69) is 13.8 Å². The molecule has 1 amide bonds. The van der Waals surface area contributed by atoms with E-state index in [1.165, 1.54) is 11.8 Å². The van der Waals surface area contributed by atoms with Crippen LogP contribution in [0.5, 0.6) is 11.5 Å². The average Bonchev–Trinajstić information content (AvgIpc) is 2.75. The summed E-state index contributed by atoms with van der Waals surface area (Å²) in [7, 11) is 0. The molecular weight excluding hydrogens is 330 g/mol. The molecule has 122 valence electrons. The van der Waals surface area contributed by atoms with Crippen molar-refractivity contribution in [3.63, 3.8) is 0 Å². The third-order valence-corrected chi connectivity index (χ3v) is 5.02. The molecule has 0 atom stereocenters. The first-order valence-electron chi connectivity index (χ1n) is 7.61. The first-order valence-corrected chi connectivity index (χ1v) is 8.84. The Morgan fingerprint density at radius 2 is 1.96 bits per heavy atom. The smallest absolute Gasteiger partial charge is 0.266 e. The van der Waals surface area contributed by atoms with Crippen molar-refractivity contribution in [3.8, 4) is 11.5 Å². The Hall–Kier alpha value is -1.53. The number of fused-ring (bicyclic) bond motifs is 1. The van der Waals surface area contributed by atoms with Gasteiger partial charge in [0.25, 0.3) is 5.91 Å². The predicted molar refractivity (Wildman–Crippen MR) is 96.9 cm³/mol. The van der Waals surface area contributed by atoms with Crippen LogP contribution in [0.1, 0.15) is 25.0 Å². The molecule has 0 saturated carbocycles. The molecule has 2 heterocycles. The molecule has 2 aliphatic heterocycles. The molecule has 0 aliphatic carbocycles. The minimum absolute atomic E-state index is 0.0111. The van der Waals surface area contributed by atoms with Gasteiger partial charge in [0.2, 0.25) is 0 Å². The van der Waals surface area contributed by atoms with Gasteiger partial charge in [0.05, 0.1) is 4.91 Å². The number of rotatable bonds is 3. The number of ether oxygens (including phenoxy) is 2. The molecule has 23 heavy (non-hydrogen) atoms. The van der Waals surface area contributed by atoms with Gasteiger partial charge in [-0.1, -0.05) is 37.8 Å². The maximum absolute atomic E-state index is 12.5. The zero-order valence-corrected chi connectivity index (χ0v) is 15.1. The second-order valence-corrected chi connectivity index (χ2v) is 7.71. The zero-order chi connectivity index (χ0) is 16.6. The topological polar surface area (TPSA) is 38.8 Å². The maximum Gasteiger partial charge on any atom is 0.266 e. The summed E-state index contributed by atoms with van der Waals surface area (Å²) in [6.45, 7) is 7.92. The molecule has 0 bridgehead atoms. The molecule has 4 nitrogen and oxygen atoms in total. The summed E-state index contributed by atoms with van der Waals surface area (Å²) in [5.41, 5.74) is 2.00. The molecular formula is C17H19NO3S2. The summed E-state index contributed by atoms with van der Waals surface area (Å²) in [5.74, 6) is 1.86. The molecule has 3 rings (SSSR count). The lowest BCUT2D eigenvalue weighted by Crippen LogP contribution is -2.31. The number of thiocarbonyl (C=S) groups is 1.